The standard InChI is InChI=1S/C19H17N5O3S/c1-11-10-13-15(21-19(27)20-12-6-3-2-4-7-12)23-24(16(13)22-17(11)25)18(26)14-8-5-9-28-14/h2-9,11H,10H2,1H3,(H,22,25)(H2,20,21,23,27). The molecule has 0 radical (unpaired) electrons. The Morgan fingerprint density at radius 1 is 1.18 bits per heavy atom. The number of nitrogens with zero attached hydrogens (tertiary/aromatic N) is 2. The number of hydrogen-bond acceptors (Lipinski definition) is 5. The number of nitrogens with one attached hydrogen (secondary N) is 3. The highest BCUT2D eigenvalue weighted by Crippen LogP contribution is 2.32. The Bertz CT molecular complexity index is 1040. The highest BCUT2D eigenvalue weighted by molar-refractivity contribution is 7.12. The molecular formula is C19H17N5O3S. The molecule has 3 N–H and O–H groups in total. The zero-order valence-corrected chi connectivity index (χ0v) is 15.7. The largest absolute Gasteiger partial charge is 0.324 e. The molecule has 4 rings (SSSR count). The van der Waals surface area contributed by atoms with Crippen LogP contribution in [0.1, 0.15) is 22.2 Å². The number of fused-ring (bicyclic) bond motifs is 1. The van der Waals surface area contributed by atoms with Gasteiger partial charge in [-0.25, -0.2) is 4.79 Å². The molecule has 3 amide bonds. The third-order valence-electron chi connectivity index (χ3n) is 4.37. The lowest BCUT2D eigenvalue weighted by atomic mass is 9.98. The molecule has 0 bridgehead atoms. The first-order chi connectivity index (χ1) is 13.5. The van der Waals surface area contributed by atoms with E-state index < -0.39 is 6.03 Å². The van der Waals surface area contributed by atoms with Crippen LogP contribution in [-0.4, -0.2) is 27.6 Å². The SMILES string of the molecule is CC1Cc2c(NC(=O)Nc3ccccc3)nn(C(=O)c3cccs3)c2NC1=O. The number of aromatic nitrogens is 2. The van der Waals surface area contributed by atoms with E-state index in [1.807, 2.05) is 18.2 Å². The van der Waals surface area contributed by atoms with E-state index in [2.05, 4.69) is 21.0 Å². The van der Waals surface area contributed by atoms with E-state index in [9.17, 15) is 14.4 Å². The van der Waals surface area contributed by atoms with Gasteiger partial charge in [-0.15, -0.1) is 16.4 Å². The Morgan fingerprint density at radius 3 is 2.68 bits per heavy atom. The van der Waals surface area contributed by atoms with Crippen LogP contribution < -0.4 is 16.0 Å². The van der Waals surface area contributed by atoms with Crippen molar-refractivity contribution in [1.29, 1.82) is 0 Å². The van der Waals surface area contributed by atoms with Crippen molar-refractivity contribution in [2.24, 2.45) is 5.92 Å². The summed E-state index contributed by atoms with van der Waals surface area (Å²) in [5.74, 6) is -0.290. The molecule has 142 valence electrons. The molecule has 8 nitrogen and oxygen atoms in total. The fourth-order valence-corrected chi connectivity index (χ4v) is 3.60. The minimum Gasteiger partial charge on any atom is -0.310 e. The summed E-state index contributed by atoms with van der Waals surface area (Å²) in [4.78, 5) is 37.8. The zero-order valence-electron chi connectivity index (χ0n) is 14.9. The minimum atomic E-state index is -0.480. The summed E-state index contributed by atoms with van der Waals surface area (Å²) < 4.78 is 1.14. The van der Waals surface area contributed by atoms with Crippen molar-refractivity contribution >= 4 is 46.5 Å². The van der Waals surface area contributed by atoms with Gasteiger partial charge in [-0.1, -0.05) is 31.2 Å². The maximum atomic E-state index is 12.8. The van der Waals surface area contributed by atoms with Gasteiger partial charge < -0.3 is 10.6 Å². The van der Waals surface area contributed by atoms with E-state index in [1.165, 1.54) is 11.3 Å². The molecule has 1 aromatic carbocycles. The maximum Gasteiger partial charge on any atom is 0.324 e. The third-order valence-corrected chi connectivity index (χ3v) is 5.23. The Hall–Kier alpha value is -3.46. The number of carbonyl (C=O) groups is 3. The highest BCUT2D eigenvalue weighted by Gasteiger charge is 2.32. The van der Waals surface area contributed by atoms with E-state index in [1.54, 1.807) is 36.6 Å². The molecule has 0 spiro atoms. The topological polar surface area (TPSA) is 105 Å². The van der Waals surface area contributed by atoms with Gasteiger partial charge in [0.05, 0.1) is 4.88 Å². The summed E-state index contributed by atoms with van der Waals surface area (Å²) in [5.41, 5.74) is 1.25. The van der Waals surface area contributed by atoms with Gasteiger partial charge in [-0.2, -0.15) is 4.68 Å². The van der Waals surface area contributed by atoms with E-state index in [-0.39, 0.29) is 23.6 Å². The van der Waals surface area contributed by atoms with E-state index in [0.29, 0.717) is 28.4 Å². The Kier molecular flexibility index (Phi) is 4.66. The molecule has 3 aromatic rings. The summed E-state index contributed by atoms with van der Waals surface area (Å²) in [5, 5.41) is 14.2. The molecule has 0 aliphatic carbocycles. The van der Waals surface area contributed by atoms with Gasteiger partial charge >= 0.3 is 6.03 Å². The Labute approximate surface area is 164 Å². The number of carbonyl (C=O) groups excluding carboxylic acids is 3. The van der Waals surface area contributed by atoms with Gasteiger partial charge in [0.15, 0.2) is 5.82 Å². The molecular weight excluding hydrogens is 378 g/mol. The predicted molar refractivity (Wildman–Crippen MR) is 107 cm³/mol. The molecule has 0 saturated carbocycles. The highest BCUT2D eigenvalue weighted by atomic mass is 32.1. The number of anilines is 3. The van der Waals surface area contributed by atoms with Gasteiger partial charge in [0, 0.05) is 17.2 Å². The second kappa shape index (κ2) is 7.28. The second-order valence-electron chi connectivity index (χ2n) is 6.41. The lowest BCUT2D eigenvalue weighted by Gasteiger charge is -2.20. The summed E-state index contributed by atoms with van der Waals surface area (Å²) >= 11 is 1.28. The van der Waals surface area contributed by atoms with Crippen molar-refractivity contribution in [1.82, 2.24) is 9.78 Å². The number of urea groups is 1. The number of thiophene rings is 1. The van der Waals surface area contributed by atoms with Crippen LogP contribution in [0, 0.1) is 5.92 Å². The molecule has 1 aliphatic heterocycles. The average Bonchev–Trinajstić information content (AvgIpc) is 3.32. The normalized spacial score (nSPS) is 15.5. The van der Waals surface area contributed by atoms with Crippen molar-refractivity contribution in [3.8, 4) is 0 Å². The molecule has 1 aliphatic rings. The molecule has 1 unspecified atom stereocenters. The van der Waals surface area contributed by atoms with Gasteiger partial charge in [-0.05, 0) is 30.0 Å². The summed E-state index contributed by atoms with van der Waals surface area (Å²) in [7, 11) is 0. The quantitative estimate of drug-likeness (QED) is 0.632. The summed E-state index contributed by atoms with van der Waals surface area (Å²) in [6.07, 6.45) is 0.375. The van der Waals surface area contributed by atoms with Crippen LogP contribution >= 0.6 is 11.3 Å². The van der Waals surface area contributed by atoms with Gasteiger partial charge in [-0.3, -0.25) is 14.9 Å². The van der Waals surface area contributed by atoms with Crippen molar-refractivity contribution in [2.75, 3.05) is 16.0 Å². The molecule has 28 heavy (non-hydrogen) atoms. The van der Waals surface area contributed by atoms with E-state index >= 15 is 0 Å². The van der Waals surface area contributed by atoms with Crippen molar-refractivity contribution in [2.45, 2.75) is 13.3 Å². The zero-order chi connectivity index (χ0) is 19.7. The Balaban J connectivity index is 1.65. The fraction of sp³-hybridized carbons (Fsp3) is 0.158. The monoisotopic (exact) mass is 395 g/mol. The van der Waals surface area contributed by atoms with Gasteiger partial charge in [0.1, 0.15) is 5.82 Å². The molecule has 0 saturated heterocycles. The van der Waals surface area contributed by atoms with Crippen molar-refractivity contribution in [3.63, 3.8) is 0 Å². The van der Waals surface area contributed by atoms with Gasteiger partial charge in [0.25, 0.3) is 5.91 Å². The van der Waals surface area contributed by atoms with Crippen molar-refractivity contribution in [3.05, 3.63) is 58.3 Å². The molecule has 0 fully saturated rings. The van der Waals surface area contributed by atoms with E-state index in [4.69, 9.17) is 0 Å². The number of hydrogen-bond donors (Lipinski definition) is 3. The first kappa shape index (κ1) is 17.9. The maximum absolute atomic E-state index is 12.8. The van der Waals surface area contributed by atoms with Crippen LogP contribution in [0.15, 0.2) is 47.8 Å². The lowest BCUT2D eigenvalue weighted by molar-refractivity contribution is -0.119. The number of amides is 3. The minimum absolute atomic E-state index is 0.187. The smallest absolute Gasteiger partial charge is 0.310 e. The van der Waals surface area contributed by atoms with Crippen LogP contribution in [0.25, 0.3) is 0 Å². The lowest BCUT2D eigenvalue weighted by Crippen LogP contribution is -2.30. The van der Waals surface area contributed by atoms with E-state index in [0.717, 1.165) is 4.68 Å². The van der Waals surface area contributed by atoms with Crippen molar-refractivity contribution < 1.29 is 14.4 Å². The molecule has 3 heterocycles. The summed E-state index contributed by atoms with van der Waals surface area (Å²) in [6.45, 7) is 1.78. The molecule has 9 heteroatoms. The predicted octanol–water partition coefficient (Wildman–Crippen LogP) is 3.41. The number of rotatable bonds is 3. The van der Waals surface area contributed by atoms with Crippen LogP contribution in [0.5, 0.6) is 0 Å². The van der Waals surface area contributed by atoms with Crippen LogP contribution in [-0.2, 0) is 11.2 Å². The second-order valence-corrected chi connectivity index (χ2v) is 7.36. The third kappa shape index (κ3) is 3.39. The van der Waals surface area contributed by atoms with Crippen LogP contribution in [0.2, 0.25) is 0 Å². The average molecular weight is 395 g/mol. The van der Waals surface area contributed by atoms with Gasteiger partial charge in [0.2, 0.25) is 5.91 Å². The number of benzene rings is 1. The fourth-order valence-electron chi connectivity index (χ4n) is 2.95. The first-order valence-corrected chi connectivity index (χ1v) is 9.55. The van der Waals surface area contributed by atoms with Crippen LogP contribution in [0.3, 0.4) is 0 Å². The molecule has 1 atom stereocenters. The summed E-state index contributed by atoms with van der Waals surface area (Å²) in [6, 6.07) is 12.0. The molecule has 2 aromatic heterocycles. The Morgan fingerprint density at radius 2 is 1.96 bits per heavy atom. The number of para-hydroxylation sites is 1. The first-order valence-electron chi connectivity index (χ1n) is 8.67. The van der Waals surface area contributed by atoms with Crippen LogP contribution in [0.4, 0.5) is 22.1 Å².